The number of nitrogens with zero attached hydrogens (tertiary/aromatic N) is 1. The molecule has 0 atom stereocenters. The minimum atomic E-state index is 0.698. The van der Waals surface area contributed by atoms with Gasteiger partial charge in [-0.05, 0) is 31.5 Å². The molecule has 0 saturated carbocycles. The van der Waals surface area contributed by atoms with Crippen LogP contribution in [0.4, 0.5) is 11.4 Å². The fourth-order valence-corrected chi connectivity index (χ4v) is 2.02. The molecule has 0 aliphatic carbocycles. The Labute approximate surface area is 120 Å². The molecule has 0 spiro atoms. The summed E-state index contributed by atoms with van der Waals surface area (Å²) in [4.78, 5) is 2.09. The van der Waals surface area contributed by atoms with E-state index in [0.29, 0.717) is 18.8 Å². The summed E-state index contributed by atoms with van der Waals surface area (Å²) >= 11 is 0. The molecule has 1 aromatic heterocycles. The quantitative estimate of drug-likeness (QED) is 0.818. The van der Waals surface area contributed by atoms with Crippen molar-refractivity contribution in [2.45, 2.75) is 26.8 Å². The highest BCUT2D eigenvalue weighted by molar-refractivity contribution is 5.60. The predicted octanol–water partition coefficient (Wildman–Crippen LogP) is 3.60. The topological polar surface area (TPSA) is 51.6 Å². The highest BCUT2D eigenvalue weighted by atomic mass is 16.5. The summed E-state index contributed by atoms with van der Waals surface area (Å²) in [6.45, 7) is 5.42. The molecule has 108 valence electrons. The molecular weight excluding hydrogens is 252 g/mol. The number of hydrogen-bond donors (Lipinski definition) is 1. The van der Waals surface area contributed by atoms with Crippen LogP contribution in [0.5, 0.6) is 5.75 Å². The lowest BCUT2D eigenvalue weighted by atomic mass is 10.2. The van der Waals surface area contributed by atoms with Crippen LogP contribution in [0.3, 0.4) is 0 Å². The molecule has 0 radical (unpaired) electrons. The first-order valence-corrected chi connectivity index (χ1v) is 6.88. The standard InChI is InChI=1S/C16H22N2O2/c1-4-7-19-16-9-13(17)8-14(10-16)18(3)11-15-6-5-12(2)20-15/h5-6,8-10H,4,7,11,17H2,1-3H3. The first-order chi connectivity index (χ1) is 9.58. The third-order valence-electron chi connectivity index (χ3n) is 3.02. The Morgan fingerprint density at radius 3 is 2.70 bits per heavy atom. The molecule has 0 fully saturated rings. The molecule has 0 unspecified atom stereocenters. The molecular formula is C16H22N2O2. The normalized spacial score (nSPS) is 10.6. The number of benzene rings is 1. The summed E-state index contributed by atoms with van der Waals surface area (Å²) in [7, 11) is 2.01. The van der Waals surface area contributed by atoms with Crippen LogP contribution >= 0.6 is 0 Å². The Balaban J connectivity index is 2.12. The Morgan fingerprint density at radius 1 is 1.25 bits per heavy atom. The van der Waals surface area contributed by atoms with Crippen LogP contribution in [0.25, 0.3) is 0 Å². The van der Waals surface area contributed by atoms with Gasteiger partial charge in [0, 0.05) is 30.6 Å². The second-order valence-electron chi connectivity index (χ2n) is 4.98. The maximum Gasteiger partial charge on any atom is 0.123 e. The average molecular weight is 274 g/mol. The molecule has 0 saturated heterocycles. The van der Waals surface area contributed by atoms with E-state index in [1.54, 1.807) is 0 Å². The minimum Gasteiger partial charge on any atom is -0.493 e. The van der Waals surface area contributed by atoms with E-state index in [0.717, 1.165) is 29.4 Å². The van der Waals surface area contributed by atoms with Crippen molar-refractivity contribution in [2.24, 2.45) is 0 Å². The van der Waals surface area contributed by atoms with Crippen LogP contribution in [0.2, 0.25) is 0 Å². The smallest absolute Gasteiger partial charge is 0.123 e. The van der Waals surface area contributed by atoms with Crippen LogP contribution in [-0.4, -0.2) is 13.7 Å². The van der Waals surface area contributed by atoms with Gasteiger partial charge >= 0.3 is 0 Å². The highest BCUT2D eigenvalue weighted by Gasteiger charge is 2.08. The Hall–Kier alpha value is -2.10. The van der Waals surface area contributed by atoms with E-state index in [2.05, 4.69) is 11.8 Å². The van der Waals surface area contributed by atoms with Gasteiger partial charge < -0.3 is 19.8 Å². The zero-order valence-corrected chi connectivity index (χ0v) is 12.3. The molecule has 4 nitrogen and oxygen atoms in total. The predicted molar refractivity (Wildman–Crippen MR) is 82.2 cm³/mol. The molecule has 1 heterocycles. The second kappa shape index (κ2) is 6.37. The van der Waals surface area contributed by atoms with Gasteiger partial charge in [-0.1, -0.05) is 6.92 Å². The number of furan rings is 1. The number of anilines is 2. The lowest BCUT2D eigenvalue weighted by Crippen LogP contribution is -2.16. The molecule has 0 aliphatic rings. The minimum absolute atomic E-state index is 0.698. The average Bonchev–Trinajstić information content (AvgIpc) is 2.81. The fraction of sp³-hybridized carbons (Fsp3) is 0.375. The SMILES string of the molecule is CCCOc1cc(N)cc(N(C)Cc2ccc(C)o2)c1. The van der Waals surface area contributed by atoms with Gasteiger partial charge in [0.2, 0.25) is 0 Å². The van der Waals surface area contributed by atoms with E-state index in [-0.39, 0.29) is 0 Å². The van der Waals surface area contributed by atoms with Crippen LogP contribution in [0, 0.1) is 6.92 Å². The van der Waals surface area contributed by atoms with Gasteiger partial charge in [-0.3, -0.25) is 0 Å². The van der Waals surface area contributed by atoms with Crippen molar-refractivity contribution in [3.63, 3.8) is 0 Å². The van der Waals surface area contributed by atoms with Gasteiger partial charge in [0.15, 0.2) is 0 Å². The van der Waals surface area contributed by atoms with Gasteiger partial charge in [-0.15, -0.1) is 0 Å². The fourth-order valence-electron chi connectivity index (χ4n) is 2.02. The molecule has 2 aromatic rings. The van der Waals surface area contributed by atoms with Gasteiger partial charge in [0.1, 0.15) is 17.3 Å². The lowest BCUT2D eigenvalue weighted by molar-refractivity contribution is 0.317. The first-order valence-electron chi connectivity index (χ1n) is 6.88. The van der Waals surface area contributed by atoms with E-state index in [9.17, 15) is 0 Å². The van der Waals surface area contributed by atoms with Crippen molar-refractivity contribution in [3.05, 3.63) is 41.9 Å². The first kappa shape index (κ1) is 14.3. The zero-order chi connectivity index (χ0) is 14.5. The highest BCUT2D eigenvalue weighted by Crippen LogP contribution is 2.26. The number of ether oxygens (including phenoxy) is 1. The summed E-state index contributed by atoms with van der Waals surface area (Å²) < 4.78 is 11.2. The van der Waals surface area contributed by atoms with Crippen molar-refractivity contribution in [1.29, 1.82) is 0 Å². The number of nitrogens with two attached hydrogens (primary N) is 1. The zero-order valence-electron chi connectivity index (χ0n) is 12.3. The van der Waals surface area contributed by atoms with E-state index < -0.39 is 0 Å². The van der Waals surface area contributed by atoms with Crippen LogP contribution in [0.1, 0.15) is 24.9 Å². The lowest BCUT2D eigenvalue weighted by Gasteiger charge is -2.19. The monoisotopic (exact) mass is 274 g/mol. The van der Waals surface area contributed by atoms with Crippen LogP contribution < -0.4 is 15.4 Å². The summed E-state index contributed by atoms with van der Waals surface area (Å²) in [6.07, 6.45) is 0.978. The van der Waals surface area contributed by atoms with Crippen molar-refractivity contribution >= 4 is 11.4 Å². The van der Waals surface area contributed by atoms with Crippen LogP contribution in [-0.2, 0) is 6.54 Å². The Kier molecular flexibility index (Phi) is 4.56. The van der Waals surface area contributed by atoms with Gasteiger partial charge in [-0.2, -0.15) is 0 Å². The number of hydrogen-bond acceptors (Lipinski definition) is 4. The van der Waals surface area contributed by atoms with Crippen molar-refractivity contribution in [2.75, 3.05) is 24.3 Å². The molecule has 20 heavy (non-hydrogen) atoms. The summed E-state index contributed by atoms with van der Waals surface area (Å²) in [5.74, 6) is 2.67. The van der Waals surface area contributed by atoms with Gasteiger partial charge in [0.25, 0.3) is 0 Å². The summed E-state index contributed by atoms with van der Waals surface area (Å²) in [6, 6.07) is 9.76. The summed E-state index contributed by atoms with van der Waals surface area (Å²) in [5.41, 5.74) is 7.66. The van der Waals surface area contributed by atoms with E-state index in [1.807, 2.05) is 44.3 Å². The molecule has 0 amide bonds. The van der Waals surface area contributed by atoms with Crippen molar-refractivity contribution in [1.82, 2.24) is 0 Å². The van der Waals surface area contributed by atoms with E-state index in [4.69, 9.17) is 14.9 Å². The summed E-state index contributed by atoms with van der Waals surface area (Å²) in [5, 5.41) is 0. The largest absolute Gasteiger partial charge is 0.493 e. The van der Waals surface area contributed by atoms with Gasteiger partial charge in [0.05, 0.1) is 13.2 Å². The number of nitrogen functional groups attached to an aromatic ring is 1. The van der Waals surface area contributed by atoms with Gasteiger partial charge in [-0.25, -0.2) is 0 Å². The Morgan fingerprint density at radius 2 is 2.05 bits per heavy atom. The van der Waals surface area contributed by atoms with Crippen LogP contribution in [0.15, 0.2) is 34.7 Å². The van der Waals surface area contributed by atoms with Crippen molar-refractivity contribution < 1.29 is 9.15 Å². The second-order valence-corrected chi connectivity index (χ2v) is 4.98. The molecule has 0 bridgehead atoms. The third-order valence-corrected chi connectivity index (χ3v) is 3.02. The molecule has 1 aromatic carbocycles. The molecule has 0 aliphatic heterocycles. The maximum absolute atomic E-state index is 5.94. The van der Waals surface area contributed by atoms with E-state index in [1.165, 1.54) is 0 Å². The molecule has 2 rings (SSSR count). The number of rotatable bonds is 6. The Bertz CT molecular complexity index is 563. The third kappa shape index (κ3) is 3.70. The van der Waals surface area contributed by atoms with Crippen molar-refractivity contribution in [3.8, 4) is 5.75 Å². The molecule has 2 N–H and O–H groups in total. The maximum atomic E-state index is 5.94. The number of aryl methyl sites for hydroxylation is 1. The molecule has 4 heteroatoms. The van der Waals surface area contributed by atoms with E-state index >= 15 is 0 Å².